The van der Waals surface area contributed by atoms with E-state index in [1.54, 1.807) is 7.11 Å². The Labute approximate surface area is 210 Å². The first kappa shape index (κ1) is 24.1. The molecule has 1 atom stereocenters. The molecule has 9 nitrogen and oxygen atoms in total. The van der Waals surface area contributed by atoms with Crippen molar-refractivity contribution in [1.29, 1.82) is 0 Å². The molecule has 1 aliphatic rings. The smallest absolute Gasteiger partial charge is 0.252 e. The molecule has 1 fully saturated rings. The number of methoxy groups -OCH3 is 1. The normalized spacial score (nSPS) is 15.7. The topological polar surface area (TPSA) is 98.2 Å². The van der Waals surface area contributed by atoms with E-state index in [9.17, 15) is 4.79 Å². The van der Waals surface area contributed by atoms with Crippen molar-refractivity contribution in [2.75, 3.05) is 20.3 Å². The molecule has 1 N–H and O–H groups in total. The molecule has 3 heterocycles. The van der Waals surface area contributed by atoms with Gasteiger partial charge in [0, 0.05) is 25.3 Å². The molecule has 0 radical (unpaired) electrons. The lowest BCUT2D eigenvalue weighted by Crippen LogP contribution is -2.34. The molecule has 1 saturated heterocycles. The lowest BCUT2D eigenvalue weighted by Gasteiger charge is -2.24. The van der Waals surface area contributed by atoms with E-state index in [4.69, 9.17) is 9.47 Å². The SMILES string of the molecule is COc1ccc(Cn2nnnc2CN(Cc2cc3cc(C)cc(C)c3[nH]c2=O)C[C@@H]2CCCO2)cc1. The molecular formula is C27H32N6O3. The third-order valence-corrected chi connectivity index (χ3v) is 6.71. The van der Waals surface area contributed by atoms with E-state index in [1.807, 2.05) is 41.9 Å². The summed E-state index contributed by atoms with van der Waals surface area (Å²) < 4.78 is 13.0. The van der Waals surface area contributed by atoms with Crippen LogP contribution in [0.5, 0.6) is 5.75 Å². The van der Waals surface area contributed by atoms with Crippen LogP contribution in [0.1, 0.15) is 40.9 Å². The summed E-state index contributed by atoms with van der Waals surface area (Å²) in [4.78, 5) is 18.3. The molecule has 36 heavy (non-hydrogen) atoms. The minimum Gasteiger partial charge on any atom is -0.497 e. The molecule has 0 bridgehead atoms. The number of nitrogens with zero attached hydrogens (tertiary/aromatic N) is 5. The monoisotopic (exact) mass is 488 g/mol. The zero-order valence-corrected chi connectivity index (χ0v) is 21.0. The second-order valence-corrected chi connectivity index (χ2v) is 9.58. The largest absolute Gasteiger partial charge is 0.497 e. The number of ether oxygens (including phenoxy) is 2. The minimum atomic E-state index is -0.0652. The summed E-state index contributed by atoms with van der Waals surface area (Å²) in [6, 6.07) is 14.1. The predicted octanol–water partition coefficient (Wildman–Crippen LogP) is 3.37. The highest BCUT2D eigenvalue weighted by Crippen LogP contribution is 2.20. The number of aromatic nitrogens is 5. The van der Waals surface area contributed by atoms with Crippen LogP contribution >= 0.6 is 0 Å². The van der Waals surface area contributed by atoms with Crippen molar-refractivity contribution in [3.05, 3.63) is 80.9 Å². The van der Waals surface area contributed by atoms with Crippen LogP contribution in [0.3, 0.4) is 0 Å². The molecule has 2 aromatic carbocycles. The van der Waals surface area contributed by atoms with E-state index < -0.39 is 0 Å². The Morgan fingerprint density at radius 1 is 1.17 bits per heavy atom. The Morgan fingerprint density at radius 2 is 2.00 bits per heavy atom. The average molecular weight is 489 g/mol. The second kappa shape index (κ2) is 10.6. The number of hydrogen-bond acceptors (Lipinski definition) is 7. The third kappa shape index (κ3) is 5.47. The average Bonchev–Trinajstić information content (AvgIpc) is 3.53. The van der Waals surface area contributed by atoms with Gasteiger partial charge in [-0.2, -0.15) is 0 Å². The fourth-order valence-electron chi connectivity index (χ4n) is 4.91. The molecule has 188 valence electrons. The van der Waals surface area contributed by atoms with Crippen LogP contribution in [0.4, 0.5) is 0 Å². The molecule has 0 saturated carbocycles. The number of H-pyrrole nitrogens is 1. The van der Waals surface area contributed by atoms with Gasteiger partial charge in [0.05, 0.1) is 31.8 Å². The van der Waals surface area contributed by atoms with E-state index in [-0.39, 0.29) is 11.7 Å². The number of aryl methyl sites for hydroxylation is 2. The van der Waals surface area contributed by atoms with Crippen LogP contribution in [0.25, 0.3) is 10.9 Å². The van der Waals surface area contributed by atoms with Crippen molar-refractivity contribution in [3.63, 3.8) is 0 Å². The first-order valence-electron chi connectivity index (χ1n) is 12.3. The number of aromatic amines is 1. The summed E-state index contributed by atoms with van der Waals surface area (Å²) >= 11 is 0. The van der Waals surface area contributed by atoms with Gasteiger partial charge in [-0.1, -0.05) is 23.8 Å². The number of nitrogens with one attached hydrogen (secondary N) is 1. The fourth-order valence-corrected chi connectivity index (χ4v) is 4.91. The summed E-state index contributed by atoms with van der Waals surface area (Å²) in [6.07, 6.45) is 2.21. The van der Waals surface area contributed by atoms with E-state index in [2.05, 4.69) is 44.5 Å². The Balaban J connectivity index is 1.40. The first-order chi connectivity index (χ1) is 17.5. The maximum Gasteiger partial charge on any atom is 0.252 e. The van der Waals surface area contributed by atoms with Gasteiger partial charge in [-0.05, 0) is 77.9 Å². The molecule has 1 aliphatic heterocycles. The molecule has 4 aromatic rings. The number of benzene rings is 2. The van der Waals surface area contributed by atoms with Gasteiger partial charge in [0.2, 0.25) is 0 Å². The van der Waals surface area contributed by atoms with Crippen molar-refractivity contribution in [2.45, 2.75) is 52.4 Å². The van der Waals surface area contributed by atoms with E-state index in [0.717, 1.165) is 58.6 Å². The van der Waals surface area contributed by atoms with Crippen LogP contribution < -0.4 is 10.3 Å². The van der Waals surface area contributed by atoms with Gasteiger partial charge >= 0.3 is 0 Å². The second-order valence-electron chi connectivity index (χ2n) is 9.58. The van der Waals surface area contributed by atoms with Crippen LogP contribution in [0.15, 0.2) is 47.3 Å². The van der Waals surface area contributed by atoms with Gasteiger partial charge in [0.25, 0.3) is 5.56 Å². The van der Waals surface area contributed by atoms with Gasteiger partial charge in [0.1, 0.15) is 5.75 Å². The van der Waals surface area contributed by atoms with Gasteiger partial charge < -0.3 is 14.5 Å². The van der Waals surface area contributed by atoms with Gasteiger partial charge in [-0.25, -0.2) is 4.68 Å². The maximum atomic E-state index is 13.0. The van der Waals surface area contributed by atoms with Crippen molar-refractivity contribution >= 4 is 10.9 Å². The molecule has 0 amide bonds. The summed E-state index contributed by atoms with van der Waals surface area (Å²) in [6.45, 7) is 7.12. The summed E-state index contributed by atoms with van der Waals surface area (Å²) in [7, 11) is 1.65. The van der Waals surface area contributed by atoms with E-state index in [0.29, 0.717) is 26.2 Å². The number of pyridine rings is 1. The summed E-state index contributed by atoms with van der Waals surface area (Å²) in [5.74, 6) is 1.55. The Bertz CT molecular complexity index is 1390. The third-order valence-electron chi connectivity index (χ3n) is 6.71. The van der Waals surface area contributed by atoms with Crippen molar-refractivity contribution < 1.29 is 9.47 Å². The highest BCUT2D eigenvalue weighted by atomic mass is 16.5. The van der Waals surface area contributed by atoms with Gasteiger partial charge in [0.15, 0.2) is 5.82 Å². The number of fused-ring (bicyclic) bond motifs is 1. The van der Waals surface area contributed by atoms with Gasteiger partial charge in [-0.3, -0.25) is 9.69 Å². The summed E-state index contributed by atoms with van der Waals surface area (Å²) in [5.41, 5.74) is 4.87. The van der Waals surface area contributed by atoms with Crippen LogP contribution in [0.2, 0.25) is 0 Å². The molecule has 0 unspecified atom stereocenters. The Morgan fingerprint density at radius 3 is 2.75 bits per heavy atom. The van der Waals surface area contributed by atoms with Crippen LogP contribution in [-0.2, 0) is 24.4 Å². The quantitative estimate of drug-likeness (QED) is 0.386. The fraction of sp³-hybridized carbons (Fsp3) is 0.407. The first-order valence-corrected chi connectivity index (χ1v) is 12.3. The van der Waals surface area contributed by atoms with Gasteiger partial charge in [-0.15, -0.1) is 5.10 Å². The van der Waals surface area contributed by atoms with Crippen molar-refractivity contribution in [1.82, 2.24) is 30.1 Å². The molecule has 0 spiro atoms. The van der Waals surface area contributed by atoms with Crippen molar-refractivity contribution in [3.8, 4) is 5.75 Å². The number of hydrogen-bond donors (Lipinski definition) is 1. The highest BCUT2D eigenvalue weighted by molar-refractivity contribution is 5.82. The maximum absolute atomic E-state index is 13.0. The Hall–Kier alpha value is -3.56. The van der Waals surface area contributed by atoms with E-state index >= 15 is 0 Å². The summed E-state index contributed by atoms with van der Waals surface area (Å²) in [5, 5.41) is 13.5. The molecular weight excluding hydrogens is 456 g/mol. The molecule has 5 rings (SSSR count). The predicted molar refractivity (Wildman–Crippen MR) is 137 cm³/mol. The lowest BCUT2D eigenvalue weighted by atomic mass is 10.0. The molecule has 9 heteroatoms. The zero-order valence-electron chi connectivity index (χ0n) is 21.0. The van der Waals surface area contributed by atoms with E-state index in [1.165, 1.54) is 5.56 Å². The van der Waals surface area contributed by atoms with Crippen molar-refractivity contribution in [2.24, 2.45) is 0 Å². The highest BCUT2D eigenvalue weighted by Gasteiger charge is 2.22. The lowest BCUT2D eigenvalue weighted by molar-refractivity contribution is 0.0663. The zero-order chi connectivity index (χ0) is 25.1. The molecule has 2 aromatic heterocycles. The molecule has 0 aliphatic carbocycles. The number of tetrazole rings is 1. The van der Waals surface area contributed by atoms with Crippen LogP contribution in [-0.4, -0.2) is 56.5 Å². The minimum absolute atomic E-state index is 0.0652. The number of rotatable bonds is 9. The van der Waals surface area contributed by atoms with Crippen LogP contribution in [0, 0.1) is 13.8 Å². The Kier molecular flexibility index (Phi) is 7.11. The standard InChI is InChI=1S/C27H32N6O3/c1-18-11-19(2)26-21(12-18)13-22(27(34)28-26)15-32(16-24-5-4-10-36-24)17-25-29-30-31-33(25)14-20-6-8-23(35-3)9-7-20/h6-9,11-13,24H,4-5,10,14-17H2,1-3H3,(H,28,34)/t24-/m0/s1.